The fraction of sp³-hybridized carbons (Fsp3) is 0.333. The summed E-state index contributed by atoms with van der Waals surface area (Å²) in [4.78, 5) is 0. The molecule has 1 unspecified atom stereocenters. The van der Waals surface area contributed by atoms with Crippen LogP contribution in [0.4, 0.5) is 0 Å². The first kappa shape index (κ1) is 10.0. The summed E-state index contributed by atoms with van der Waals surface area (Å²) in [5, 5.41) is 9.39. The Bertz CT molecular complexity index is 296. The fourth-order valence-electron chi connectivity index (χ4n) is 1.23. The zero-order valence-electron chi connectivity index (χ0n) is 8.41. The predicted molar refractivity (Wildman–Crippen MR) is 56.4 cm³/mol. The SMILES string of the molecule is C/C(=C(/C)C(C)O)c1ccccc1. The lowest BCUT2D eigenvalue weighted by Gasteiger charge is -2.10. The van der Waals surface area contributed by atoms with Crippen molar-refractivity contribution < 1.29 is 5.11 Å². The molecule has 1 aromatic rings. The van der Waals surface area contributed by atoms with Gasteiger partial charge in [-0.2, -0.15) is 0 Å². The van der Waals surface area contributed by atoms with Crippen LogP contribution >= 0.6 is 0 Å². The van der Waals surface area contributed by atoms with Crippen molar-refractivity contribution >= 4 is 5.57 Å². The molecule has 13 heavy (non-hydrogen) atoms. The Morgan fingerprint density at radius 2 is 1.69 bits per heavy atom. The van der Waals surface area contributed by atoms with E-state index in [0.717, 1.165) is 11.1 Å². The first-order valence-corrected chi connectivity index (χ1v) is 4.53. The third kappa shape index (κ3) is 2.43. The molecule has 0 saturated carbocycles. The van der Waals surface area contributed by atoms with Gasteiger partial charge in [0.15, 0.2) is 0 Å². The van der Waals surface area contributed by atoms with E-state index in [2.05, 4.69) is 12.1 Å². The zero-order chi connectivity index (χ0) is 9.84. The van der Waals surface area contributed by atoms with Crippen LogP contribution in [0.3, 0.4) is 0 Å². The van der Waals surface area contributed by atoms with E-state index >= 15 is 0 Å². The van der Waals surface area contributed by atoms with Gasteiger partial charge < -0.3 is 5.11 Å². The Hall–Kier alpha value is -1.08. The number of aliphatic hydroxyl groups is 1. The molecule has 0 aliphatic carbocycles. The molecule has 1 heteroatoms. The number of rotatable bonds is 2. The summed E-state index contributed by atoms with van der Waals surface area (Å²) >= 11 is 0. The predicted octanol–water partition coefficient (Wildman–Crippen LogP) is 2.86. The van der Waals surface area contributed by atoms with Gasteiger partial charge >= 0.3 is 0 Å². The van der Waals surface area contributed by atoms with E-state index in [1.807, 2.05) is 32.0 Å². The Labute approximate surface area is 79.7 Å². The van der Waals surface area contributed by atoms with Crippen molar-refractivity contribution in [3.05, 3.63) is 41.5 Å². The van der Waals surface area contributed by atoms with Crippen molar-refractivity contribution in [3.8, 4) is 0 Å². The first-order chi connectivity index (χ1) is 6.13. The van der Waals surface area contributed by atoms with Crippen LogP contribution in [-0.2, 0) is 0 Å². The number of benzene rings is 1. The molecule has 1 aromatic carbocycles. The second-order valence-electron chi connectivity index (χ2n) is 3.35. The molecule has 0 aliphatic rings. The lowest BCUT2D eigenvalue weighted by molar-refractivity contribution is 0.232. The maximum absolute atomic E-state index is 9.39. The summed E-state index contributed by atoms with van der Waals surface area (Å²) in [7, 11) is 0. The van der Waals surface area contributed by atoms with E-state index in [1.54, 1.807) is 6.92 Å². The molecule has 0 aromatic heterocycles. The van der Waals surface area contributed by atoms with Crippen LogP contribution in [0, 0.1) is 0 Å². The van der Waals surface area contributed by atoms with Gasteiger partial charge in [0.1, 0.15) is 0 Å². The van der Waals surface area contributed by atoms with Gasteiger partial charge in [0.25, 0.3) is 0 Å². The van der Waals surface area contributed by atoms with Gasteiger partial charge in [-0.25, -0.2) is 0 Å². The molecule has 0 saturated heterocycles. The van der Waals surface area contributed by atoms with Crippen LogP contribution in [0.5, 0.6) is 0 Å². The third-order valence-electron chi connectivity index (χ3n) is 2.42. The summed E-state index contributed by atoms with van der Waals surface area (Å²) in [5.41, 5.74) is 3.38. The van der Waals surface area contributed by atoms with Crippen molar-refractivity contribution in [3.63, 3.8) is 0 Å². The largest absolute Gasteiger partial charge is 0.389 e. The van der Waals surface area contributed by atoms with Gasteiger partial charge in [0.2, 0.25) is 0 Å². The van der Waals surface area contributed by atoms with Gasteiger partial charge in [-0.1, -0.05) is 30.3 Å². The molecule has 0 aliphatic heterocycles. The summed E-state index contributed by atoms with van der Waals surface area (Å²) in [5.74, 6) is 0. The lowest BCUT2D eigenvalue weighted by atomic mass is 10.00. The summed E-state index contributed by atoms with van der Waals surface area (Å²) in [6, 6.07) is 10.1. The molecule has 1 atom stereocenters. The number of aliphatic hydroxyl groups excluding tert-OH is 1. The maximum Gasteiger partial charge on any atom is 0.0725 e. The highest BCUT2D eigenvalue weighted by molar-refractivity contribution is 5.66. The van der Waals surface area contributed by atoms with Crippen LogP contribution in [0.15, 0.2) is 35.9 Å². The van der Waals surface area contributed by atoms with E-state index in [1.165, 1.54) is 5.56 Å². The highest BCUT2D eigenvalue weighted by Crippen LogP contribution is 2.19. The molecule has 70 valence electrons. The molecule has 0 fully saturated rings. The zero-order valence-corrected chi connectivity index (χ0v) is 8.41. The molecule has 0 bridgehead atoms. The van der Waals surface area contributed by atoms with Crippen LogP contribution in [-0.4, -0.2) is 11.2 Å². The van der Waals surface area contributed by atoms with Crippen molar-refractivity contribution in [2.24, 2.45) is 0 Å². The number of allylic oxidation sites excluding steroid dienone is 1. The second kappa shape index (κ2) is 4.24. The van der Waals surface area contributed by atoms with Gasteiger partial charge in [0, 0.05) is 0 Å². The topological polar surface area (TPSA) is 20.2 Å². The van der Waals surface area contributed by atoms with Gasteiger partial charge in [-0.05, 0) is 37.5 Å². The van der Waals surface area contributed by atoms with Gasteiger partial charge in [-0.3, -0.25) is 0 Å². The normalized spacial score (nSPS) is 15.1. The molecule has 0 radical (unpaired) electrons. The lowest BCUT2D eigenvalue weighted by Crippen LogP contribution is -2.03. The quantitative estimate of drug-likeness (QED) is 0.734. The molecule has 0 heterocycles. The van der Waals surface area contributed by atoms with Crippen LogP contribution < -0.4 is 0 Å². The molecule has 1 nitrogen and oxygen atoms in total. The average Bonchev–Trinajstić information content (AvgIpc) is 2.17. The molecular formula is C12H16O. The summed E-state index contributed by atoms with van der Waals surface area (Å²) in [6.07, 6.45) is -0.361. The van der Waals surface area contributed by atoms with Crippen molar-refractivity contribution in [2.45, 2.75) is 26.9 Å². The molecule has 0 amide bonds. The first-order valence-electron chi connectivity index (χ1n) is 4.53. The Kier molecular flexibility index (Phi) is 3.26. The highest BCUT2D eigenvalue weighted by Gasteiger charge is 2.04. The third-order valence-corrected chi connectivity index (χ3v) is 2.42. The molecule has 0 spiro atoms. The molecule has 1 rings (SSSR count). The monoisotopic (exact) mass is 176 g/mol. The van der Waals surface area contributed by atoms with Gasteiger partial charge in [-0.15, -0.1) is 0 Å². The average molecular weight is 176 g/mol. The van der Waals surface area contributed by atoms with Crippen molar-refractivity contribution in [1.29, 1.82) is 0 Å². The Morgan fingerprint density at radius 1 is 1.15 bits per heavy atom. The van der Waals surface area contributed by atoms with E-state index in [0.29, 0.717) is 0 Å². The van der Waals surface area contributed by atoms with E-state index < -0.39 is 0 Å². The smallest absolute Gasteiger partial charge is 0.0725 e. The second-order valence-corrected chi connectivity index (χ2v) is 3.35. The van der Waals surface area contributed by atoms with Crippen LogP contribution in [0.25, 0.3) is 5.57 Å². The van der Waals surface area contributed by atoms with Crippen LogP contribution in [0.1, 0.15) is 26.3 Å². The number of hydrogen-bond acceptors (Lipinski definition) is 1. The van der Waals surface area contributed by atoms with Crippen LogP contribution in [0.2, 0.25) is 0 Å². The van der Waals surface area contributed by atoms with E-state index in [-0.39, 0.29) is 6.10 Å². The summed E-state index contributed by atoms with van der Waals surface area (Å²) < 4.78 is 0. The standard InChI is InChI=1S/C12H16O/c1-9(11(3)13)10(2)12-7-5-4-6-8-12/h4-8,11,13H,1-3H3/b10-9+. The molecule has 1 N–H and O–H groups in total. The van der Waals surface area contributed by atoms with Gasteiger partial charge in [0.05, 0.1) is 6.10 Å². The van der Waals surface area contributed by atoms with E-state index in [4.69, 9.17) is 0 Å². The minimum Gasteiger partial charge on any atom is -0.389 e. The van der Waals surface area contributed by atoms with Crippen molar-refractivity contribution in [1.82, 2.24) is 0 Å². The number of hydrogen-bond donors (Lipinski definition) is 1. The minimum absolute atomic E-state index is 0.361. The van der Waals surface area contributed by atoms with E-state index in [9.17, 15) is 5.11 Å². The van der Waals surface area contributed by atoms with Crippen molar-refractivity contribution in [2.75, 3.05) is 0 Å². The minimum atomic E-state index is -0.361. The molecular weight excluding hydrogens is 160 g/mol. The Morgan fingerprint density at radius 3 is 2.15 bits per heavy atom. The summed E-state index contributed by atoms with van der Waals surface area (Å²) in [6.45, 7) is 5.80. The maximum atomic E-state index is 9.39. The Balaban J connectivity index is 3.03. The highest BCUT2D eigenvalue weighted by atomic mass is 16.3. The fourth-order valence-corrected chi connectivity index (χ4v) is 1.23.